The summed E-state index contributed by atoms with van der Waals surface area (Å²) >= 11 is 6.10. The molecule has 0 saturated heterocycles. The lowest BCUT2D eigenvalue weighted by Crippen LogP contribution is -2.28. The molecule has 0 fully saturated rings. The van der Waals surface area contributed by atoms with Gasteiger partial charge < -0.3 is 10.1 Å². The average molecular weight is 397 g/mol. The van der Waals surface area contributed by atoms with Crippen molar-refractivity contribution in [1.29, 1.82) is 0 Å². The van der Waals surface area contributed by atoms with E-state index in [1.165, 1.54) is 18.2 Å². The maximum Gasteiger partial charge on any atom is 0.257 e. The van der Waals surface area contributed by atoms with Gasteiger partial charge in [-0.2, -0.15) is 0 Å². The Kier molecular flexibility index (Phi) is 7.02. The zero-order valence-corrected chi connectivity index (χ0v) is 16.1. The van der Waals surface area contributed by atoms with Crippen LogP contribution in [0.15, 0.2) is 53.4 Å². The van der Waals surface area contributed by atoms with Crippen molar-refractivity contribution in [3.63, 3.8) is 0 Å². The number of halogens is 1. The first kappa shape index (κ1) is 20.2. The first-order chi connectivity index (χ1) is 12.3. The van der Waals surface area contributed by atoms with Gasteiger partial charge in [-0.1, -0.05) is 41.9 Å². The van der Waals surface area contributed by atoms with E-state index in [0.717, 1.165) is 5.56 Å². The molecule has 0 aliphatic heterocycles. The maximum absolute atomic E-state index is 12.6. The van der Waals surface area contributed by atoms with Crippen LogP contribution in [0.3, 0.4) is 0 Å². The number of carbonyl (C=O) groups excluding carboxylic acids is 1. The van der Waals surface area contributed by atoms with Gasteiger partial charge in [-0.15, -0.1) is 0 Å². The molecule has 2 rings (SSSR count). The van der Waals surface area contributed by atoms with Gasteiger partial charge in [-0.25, -0.2) is 13.1 Å². The summed E-state index contributed by atoms with van der Waals surface area (Å²) in [6.07, 6.45) is 0. The molecule has 2 N–H and O–H groups in total. The van der Waals surface area contributed by atoms with Crippen LogP contribution in [-0.2, 0) is 14.8 Å². The normalized spacial score (nSPS) is 12.4. The fraction of sp³-hybridized carbons (Fsp3) is 0.278. The van der Waals surface area contributed by atoms with Gasteiger partial charge in [0, 0.05) is 12.6 Å². The van der Waals surface area contributed by atoms with Gasteiger partial charge in [0.05, 0.1) is 9.92 Å². The fourth-order valence-corrected chi connectivity index (χ4v) is 3.83. The molecule has 0 spiro atoms. The second kappa shape index (κ2) is 9.02. The summed E-state index contributed by atoms with van der Waals surface area (Å²) < 4.78 is 33.0. The SMILES string of the molecule is CCNC(=O)COc1ccc(S(=O)(=O)N[C@H](C)c2ccccc2)cc1Cl. The number of likely N-dealkylation sites (N-methyl/N-ethyl adjacent to an activating group) is 1. The van der Waals surface area contributed by atoms with Crippen LogP contribution in [-0.4, -0.2) is 27.5 Å². The molecule has 8 heteroatoms. The molecule has 6 nitrogen and oxygen atoms in total. The Morgan fingerprint density at radius 3 is 2.50 bits per heavy atom. The van der Waals surface area contributed by atoms with E-state index in [0.29, 0.717) is 6.54 Å². The molecule has 0 aliphatic carbocycles. The molecule has 140 valence electrons. The highest BCUT2D eigenvalue weighted by Crippen LogP contribution is 2.28. The van der Waals surface area contributed by atoms with Crippen LogP contribution in [0.1, 0.15) is 25.5 Å². The highest BCUT2D eigenvalue weighted by Gasteiger charge is 2.20. The Balaban J connectivity index is 2.10. The van der Waals surface area contributed by atoms with Crippen molar-refractivity contribution < 1.29 is 17.9 Å². The molecule has 1 atom stereocenters. The fourth-order valence-electron chi connectivity index (χ4n) is 2.27. The van der Waals surface area contributed by atoms with E-state index in [1.54, 1.807) is 13.8 Å². The Hall–Kier alpha value is -2.09. The number of ether oxygens (including phenoxy) is 1. The first-order valence-corrected chi connectivity index (χ1v) is 9.96. The highest BCUT2D eigenvalue weighted by molar-refractivity contribution is 7.89. The van der Waals surface area contributed by atoms with Gasteiger partial charge in [0.1, 0.15) is 5.75 Å². The summed E-state index contributed by atoms with van der Waals surface area (Å²) in [5.41, 5.74) is 0.851. The summed E-state index contributed by atoms with van der Waals surface area (Å²) in [4.78, 5) is 11.4. The predicted octanol–water partition coefficient (Wildman–Crippen LogP) is 2.89. The van der Waals surface area contributed by atoms with Crippen molar-refractivity contribution in [3.05, 3.63) is 59.1 Å². The molecular formula is C18H21ClN2O4S. The van der Waals surface area contributed by atoms with Crippen molar-refractivity contribution in [3.8, 4) is 5.75 Å². The maximum atomic E-state index is 12.6. The Morgan fingerprint density at radius 2 is 1.88 bits per heavy atom. The minimum absolute atomic E-state index is 0.0237. The molecule has 0 saturated carbocycles. The molecule has 2 aromatic rings. The lowest BCUT2D eigenvalue weighted by atomic mass is 10.1. The van der Waals surface area contributed by atoms with Crippen LogP contribution in [0.25, 0.3) is 0 Å². The van der Waals surface area contributed by atoms with E-state index in [1.807, 2.05) is 30.3 Å². The minimum atomic E-state index is -3.76. The van der Waals surface area contributed by atoms with E-state index in [2.05, 4.69) is 10.0 Å². The Morgan fingerprint density at radius 1 is 1.19 bits per heavy atom. The molecule has 0 heterocycles. The number of amides is 1. The smallest absolute Gasteiger partial charge is 0.257 e. The standard InChI is InChI=1S/C18H21ClN2O4S/c1-3-20-18(22)12-25-17-10-9-15(11-16(17)19)26(23,24)21-13(2)14-7-5-4-6-8-14/h4-11,13,21H,3,12H2,1-2H3,(H,20,22)/t13-/m1/s1. The molecule has 2 aromatic carbocycles. The largest absolute Gasteiger partial charge is 0.482 e. The molecule has 0 unspecified atom stereocenters. The number of sulfonamides is 1. The monoisotopic (exact) mass is 396 g/mol. The summed E-state index contributed by atoms with van der Waals surface area (Å²) in [5.74, 6) is -0.0356. The summed E-state index contributed by atoms with van der Waals surface area (Å²) in [5, 5.41) is 2.71. The number of hydrogen-bond acceptors (Lipinski definition) is 4. The van der Waals surface area contributed by atoms with E-state index in [4.69, 9.17) is 16.3 Å². The van der Waals surface area contributed by atoms with Crippen LogP contribution in [0, 0.1) is 0 Å². The van der Waals surface area contributed by atoms with Gasteiger partial charge >= 0.3 is 0 Å². The molecule has 0 bridgehead atoms. The molecule has 0 aliphatic rings. The van der Waals surface area contributed by atoms with Crippen molar-refractivity contribution in [2.45, 2.75) is 24.8 Å². The van der Waals surface area contributed by atoms with Crippen LogP contribution in [0.5, 0.6) is 5.75 Å². The average Bonchev–Trinajstić information content (AvgIpc) is 2.61. The zero-order chi connectivity index (χ0) is 19.2. The van der Waals surface area contributed by atoms with Crippen LogP contribution in [0.4, 0.5) is 0 Å². The summed E-state index contributed by atoms with van der Waals surface area (Å²) in [7, 11) is -3.76. The van der Waals surface area contributed by atoms with Gasteiger partial charge in [0.25, 0.3) is 5.91 Å². The third-order valence-corrected chi connectivity index (χ3v) is 5.41. The summed E-state index contributed by atoms with van der Waals surface area (Å²) in [6.45, 7) is 3.87. The third-order valence-electron chi connectivity index (χ3n) is 3.58. The van der Waals surface area contributed by atoms with Crippen molar-refractivity contribution in [1.82, 2.24) is 10.0 Å². The Bertz CT molecular complexity index is 857. The first-order valence-electron chi connectivity index (χ1n) is 8.10. The minimum Gasteiger partial charge on any atom is -0.482 e. The van der Waals surface area contributed by atoms with Crippen LogP contribution in [0.2, 0.25) is 5.02 Å². The predicted molar refractivity (Wildman–Crippen MR) is 101 cm³/mol. The number of carbonyl (C=O) groups is 1. The topological polar surface area (TPSA) is 84.5 Å². The number of rotatable bonds is 8. The Labute approximate surface area is 158 Å². The van der Waals surface area contributed by atoms with Gasteiger partial charge in [0.2, 0.25) is 10.0 Å². The lowest BCUT2D eigenvalue weighted by molar-refractivity contribution is -0.122. The molecular weight excluding hydrogens is 376 g/mol. The molecule has 26 heavy (non-hydrogen) atoms. The van der Waals surface area contributed by atoms with Crippen LogP contribution >= 0.6 is 11.6 Å². The van der Waals surface area contributed by atoms with Crippen molar-refractivity contribution in [2.24, 2.45) is 0 Å². The zero-order valence-electron chi connectivity index (χ0n) is 14.5. The highest BCUT2D eigenvalue weighted by atomic mass is 35.5. The number of benzene rings is 2. The number of hydrogen-bond donors (Lipinski definition) is 2. The molecule has 0 aromatic heterocycles. The van der Waals surface area contributed by atoms with Gasteiger partial charge in [-0.3, -0.25) is 4.79 Å². The quantitative estimate of drug-likeness (QED) is 0.718. The molecule has 1 amide bonds. The second-order valence-corrected chi connectivity index (χ2v) is 7.71. The van der Waals surface area contributed by atoms with Gasteiger partial charge in [-0.05, 0) is 37.6 Å². The van der Waals surface area contributed by atoms with E-state index >= 15 is 0 Å². The molecule has 0 radical (unpaired) electrons. The second-order valence-electron chi connectivity index (χ2n) is 5.59. The van der Waals surface area contributed by atoms with Crippen molar-refractivity contribution >= 4 is 27.5 Å². The third kappa shape index (κ3) is 5.45. The van der Waals surface area contributed by atoms with E-state index in [-0.39, 0.29) is 28.2 Å². The summed E-state index contributed by atoms with van der Waals surface area (Å²) in [6, 6.07) is 13.0. The van der Waals surface area contributed by atoms with Gasteiger partial charge in [0.15, 0.2) is 6.61 Å². The van der Waals surface area contributed by atoms with E-state index < -0.39 is 16.1 Å². The number of nitrogens with one attached hydrogen (secondary N) is 2. The van der Waals surface area contributed by atoms with Crippen LogP contribution < -0.4 is 14.8 Å². The van der Waals surface area contributed by atoms with Crippen molar-refractivity contribution in [2.75, 3.05) is 13.2 Å². The van der Waals surface area contributed by atoms with E-state index in [9.17, 15) is 13.2 Å². The lowest BCUT2D eigenvalue weighted by Gasteiger charge is -2.15.